The third-order valence-corrected chi connectivity index (χ3v) is 4.45. The number of Topliss-reactive ketones (excluding diaryl/α,β-unsaturated/α-hetero) is 2. The second kappa shape index (κ2) is 7.26. The minimum absolute atomic E-state index is 0.139. The third kappa shape index (κ3) is 4.34. The molecule has 0 atom stereocenters. The average Bonchev–Trinajstić information content (AvgIpc) is 2.70. The van der Waals surface area contributed by atoms with Crippen molar-refractivity contribution in [3.05, 3.63) is 0 Å². The summed E-state index contributed by atoms with van der Waals surface area (Å²) < 4.78 is 0. The van der Waals surface area contributed by atoms with E-state index in [-0.39, 0.29) is 24.7 Å². The van der Waals surface area contributed by atoms with Gasteiger partial charge in [-0.3, -0.25) is 20.4 Å². The lowest BCUT2D eigenvalue weighted by atomic mass is 9.79. The fraction of sp³-hybridized carbons (Fsp3) is 0.857. The van der Waals surface area contributed by atoms with Crippen LogP contribution in [0.4, 0.5) is 0 Å². The first kappa shape index (κ1) is 15.6. The molecule has 0 spiro atoms. The predicted octanol–water partition coefficient (Wildman–Crippen LogP) is -0.526. The minimum atomic E-state index is 0.139. The molecule has 0 radical (unpaired) electrons. The van der Waals surface area contributed by atoms with Crippen LogP contribution in [0.3, 0.4) is 0 Å². The number of nitrogens with one attached hydrogen (secondary N) is 2. The van der Waals surface area contributed by atoms with Crippen molar-refractivity contribution in [1.29, 1.82) is 0 Å². The topological polar surface area (TPSA) is 110 Å². The fourth-order valence-corrected chi connectivity index (χ4v) is 3.61. The Morgan fingerprint density at radius 1 is 0.800 bits per heavy atom. The lowest BCUT2D eigenvalue weighted by Gasteiger charge is -2.27. The van der Waals surface area contributed by atoms with Crippen LogP contribution >= 0.6 is 0 Å². The number of nitrogens with two attached hydrogens (primary N) is 2. The monoisotopic (exact) mass is 282 g/mol. The van der Waals surface area contributed by atoms with E-state index < -0.39 is 0 Å². The highest BCUT2D eigenvalue weighted by Gasteiger charge is 2.33. The molecule has 0 unspecified atom stereocenters. The van der Waals surface area contributed by atoms with E-state index >= 15 is 0 Å². The Morgan fingerprint density at radius 3 is 1.45 bits per heavy atom. The summed E-state index contributed by atoms with van der Waals surface area (Å²) in [5.41, 5.74) is 17.5. The Hall–Kier alpha value is -0.820. The Morgan fingerprint density at radius 2 is 1.15 bits per heavy atom. The van der Waals surface area contributed by atoms with Gasteiger partial charge in [0.25, 0.3) is 0 Å². The zero-order chi connectivity index (χ0) is 14.5. The zero-order valence-corrected chi connectivity index (χ0v) is 11.9. The van der Waals surface area contributed by atoms with Gasteiger partial charge < -0.3 is 11.5 Å². The summed E-state index contributed by atoms with van der Waals surface area (Å²) in [6, 6.07) is 0.655. The van der Waals surface area contributed by atoms with Gasteiger partial charge in [-0.15, -0.1) is 0 Å². The van der Waals surface area contributed by atoms with Gasteiger partial charge in [-0.1, -0.05) is 0 Å². The van der Waals surface area contributed by atoms with Crippen molar-refractivity contribution in [2.45, 2.75) is 50.6 Å². The maximum Gasteiger partial charge on any atom is 0.146 e. The van der Waals surface area contributed by atoms with E-state index in [0.717, 1.165) is 25.7 Å². The van der Waals surface area contributed by atoms with Gasteiger partial charge in [-0.05, 0) is 37.5 Å². The number of hydrogen-bond donors (Lipinski definition) is 4. The summed E-state index contributed by atoms with van der Waals surface area (Å²) in [4.78, 5) is 23.1. The van der Waals surface area contributed by atoms with Gasteiger partial charge in [0.15, 0.2) is 0 Å². The van der Waals surface area contributed by atoms with E-state index in [4.69, 9.17) is 11.5 Å². The number of rotatable bonds is 6. The molecule has 6 nitrogen and oxygen atoms in total. The molecule has 0 aromatic heterocycles. The molecular formula is C14H26N4O2. The molecule has 0 aromatic carbocycles. The number of fused-ring (bicyclic) bond motifs is 3. The maximum atomic E-state index is 11.5. The highest BCUT2D eigenvalue weighted by Crippen LogP contribution is 2.32. The molecule has 2 saturated heterocycles. The van der Waals surface area contributed by atoms with Crippen LogP contribution in [0.15, 0.2) is 0 Å². The number of hydrogen-bond acceptors (Lipinski definition) is 6. The van der Waals surface area contributed by atoms with Crippen LogP contribution in [0.2, 0.25) is 0 Å². The van der Waals surface area contributed by atoms with Gasteiger partial charge in [0.05, 0.1) is 13.1 Å². The van der Waals surface area contributed by atoms with Crippen molar-refractivity contribution in [3.8, 4) is 0 Å². The number of ketones is 2. The molecule has 20 heavy (non-hydrogen) atoms. The summed E-state index contributed by atoms with van der Waals surface area (Å²) in [6.07, 6.45) is 5.06. The first-order chi connectivity index (χ1) is 9.60. The average molecular weight is 282 g/mol. The summed E-state index contributed by atoms with van der Waals surface area (Å²) in [6.45, 7) is 0.278. The molecule has 0 aliphatic carbocycles. The SMILES string of the molecule is NCC(=O)CC1CC2CC(CC(=O)CN)CC(C1)NN2. The van der Waals surface area contributed by atoms with Crippen molar-refractivity contribution >= 4 is 11.6 Å². The Labute approximate surface area is 120 Å². The summed E-state index contributed by atoms with van der Waals surface area (Å²) >= 11 is 0. The molecule has 2 fully saturated rings. The van der Waals surface area contributed by atoms with E-state index in [9.17, 15) is 9.59 Å². The third-order valence-electron chi connectivity index (χ3n) is 4.45. The van der Waals surface area contributed by atoms with E-state index in [1.165, 1.54) is 0 Å². The quantitative estimate of drug-likeness (QED) is 0.521. The van der Waals surface area contributed by atoms with Gasteiger partial charge in [0.2, 0.25) is 0 Å². The van der Waals surface area contributed by atoms with Crippen LogP contribution in [0.1, 0.15) is 38.5 Å². The lowest BCUT2D eigenvalue weighted by Crippen LogP contribution is -2.41. The Balaban J connectivity index is 1.93. The summed E-state index contributed by atoms with van der Waals surface area (Å²) in [5, 5.41) is 0. The summed E-state index contributed by atoms with van der Waals surface area (Å²) in [7, 11) is 0. The van der Waals surface area contributed by atoms with Crippen LogP contribution in [0.5, 0.6) is 0 Å². The molecule has 2 aliphatic heterocycles. The second-order valence-corrected chi connectivity index (χ2v) is 6.25. The molecule has 6 N–H and O–H groups in total. The molecule has 2 heterocycles. The molecule has 2 bridgehead atoms. The van der Waals surface area contributed by atoms with Crippen LogP contribution < -0.4 is 22.3 Å². The highest BCUT2D eigenvalue weighted by molar-refractivity contribution is 5.80. The van der Waals surface area contributed by atoms with Crippen LogP contribution in [0.25, 0.3) is 0 Å². The van der Waals surface area contributed by atoms with Gasteiger partial charge in [0, 0.05) is 24.9 Å². The van der Waals surface area contributed by atoms with E-state index in [1.807, 2.05) is 0 Å². The van der Waals surface area contributed by atoms with Crippen molar-refractivity contribution in [2.24, 2.45) is 23.3 Å². The van der Waals surface area contributed by atoms with Gasteiger partial charge in [-0.2, -0.15) is 0 Å². The number of carbonyl (C=O) groups excluding carboxylic acids is 2. The minimum Gasteiger partial charge on any atom is -0.324 e. The fourth-order valence-electron chi connectivity index (χ4n) is 3.61. The molecule has 114 valence electrons. The molecule has 2 rings (SSSR count). The van der Waals surface area contributed by atoms with Crippen LogP contribution in [-0.2, 0) is 9.59 Å². The van der Waals surface area contributed by atoms with Gasteiger partial charge in [-0.25, -0.2) is 0 Å². The molecule has 0 saturated carbocycles. The first-order valence-corrected chi connectivity index (χ1v) is 7.55. The predicted molar refractivity (Wildman–Crippen MR) is 76.7 cm³/mol. The van der Waals surface area contributed by atoms with E-state index in [1.54, 1.807) is 0 Å². The van der Waals surface area contributed by atoms with Crippen molar-refractivity contribution in [3.63, 3.8) is 0 Å². The second-order valence-electron chi connectivity index (χ2n) is 6.25. The maximum absolute atomic E-state index is 11.5. The smallest absolute Gasteiger partial charge is 0.146 e. The molecule has 2 aliphatic rings. The summed E-state index contributed by atoms with van der Waals surface area (Å²) in [5.74, 6) is 1.08. The first-order valence-electron chi connectivity index (χ1n) is 7.55. The lowest BCUT2D eigenvalue weighted by molar-refractivity contribution is -0.119. The highest BCUT2D eigenvalue weighted by atomic mass is 16.1. The zero-order valence-electron chi connectivity index (χ0n) is 11.9. The van der Waals surface area contributed by atoms with Crippen LogP contribution in [0, 0.1) is 11.8 Å². The van der Waals surface area contributed by atoms with Gasteiger partial charge >= 0.3 is 0 Å². The van der Waals surface area contributed by atoms with Crippen LogP contribution in [-0.4, -0.2) is 36.7 Å². The molecule has 0 aromatic rings. The van der Waals surface area contributed by atoms with E-state index in [2.05, 4.69) is 10.9 Å². The van der Waals surface area contributed by atoms with Crippen molar-refractivity contribution in [2.75, 3.05) is 13.1 Å². The van der Waals surface area contributed by atoms with Crippen molar-refractivity contribution < 1.29 is 9.59 Å². The van der Waals surface area contributed by atoms with E-state index in [0.29, 0.717) is 36.8 Å². The van der Waals surface area contributed by atoms with Crippen molar-refractivity contribution in [1.82, 2.24) is 10.9 Å². The van der Waals surface area contributed by atoms with Gasteiger partial charge in [0.1, 0.15) is 11.6 Å². The number of hydrazine groups is 1. The largest absolute Gasteiger partial charge is 0.324 e. The Kier molecular flexibility index (Phi) is 5.65. The normalized spacial score (nSPS) is 33.5. The molecule has 6 heteroatoms. The number of carbonyl (C=O) groups is 2. The molecular weight excluding hydrogens is 256 g/mol. The molecule has 0 amide bonds. The standard InChI is InChI=1S/C14H26N4O2/c15-7-13(19)5-9-1-11-3-10(6-14(20)8-16)4-12(2-9)18-17-11/h9-12,17-18H,1-8,15-16H2. The Bertz CT molecular complexity index is 315.